The predicted molar refractivity (Wildman–Crippen MR) is 80.0 cm³/mol. The van der Waals surface area contributed by atoms with Crippen molar-refractivity contribution in [3.05, 3.63) is 27.8 Å². The van der Waals surface area contributed by atoms with Crippen molar-refractivity contribution in [3.8, 4) is 11.5 Å². The summed E-state index contributed by atoms with van der Waals surface area (Å²) < 4.78 is 10.3. The Morgan fingerprint density at radius 3 is 2.43 bits per heavy atom. The molecule has 126 valence electrons. The topological polar surface area (TPSA) is 119 Å². The summed E-state index contributed by atoms with van der Waals surface area (Å²) in [4.78, 5) is 34.8. The number of carbonyl (C=O) groups excluding carboxylic acids is 1. The number of nitrogens with zero attached hydrogens (tertiary/aromatic N) is 2. The molecule has 0 radical (unpaired) electrons. The third-order valence-electron chi connectivity index (χ3n) is 3.27. The van der Waals surface area contributed by atoms with Crippen molar-refractivity contribution in [2.75, 3.05) is 20.8 Å². The van der Waals surface area contributed by atoms with Crippen LogP contribution in [0.3, 0.4) is 0 Å². The number of nitro benzene ring substituents is 1. The lowest BCUT2D eigenvalue weighted by molar-refractivity contribution is -0.385. The molecule has 1 unspecified atom stereocenters. The first-order valence-corrected chi connectivity index (χ1v) is 6.73. The SMILES string of the molecule is CCOc1cc(C(=O)N(C)C(C)C(=O)O)c([N+](=O)[O-])cc1OC. The number of likely N-dealkylation sites (N-methyl/N-ethyl adjacent to an activating group) is 1. The Bertz CT molecular complexity index is 630. The molecule has 0 spiro atoms. The van der Waals surface area contributed by atoms with Crippen LogP contribution < -0.4 is 9.47 Å². The number of methoxy groups -OCH3 is 1. The Morgan fingerprint density at radius 2 is 2.00 bits per heavy atom. The van der Waals surface area contributed by atoms with Crippen LogP contribution in [-0.2, 0) is 4.79 Å². The summed E-state index contributed by atoms with van der Waals surface area (Å²) in [5.74, 6) is -1.73. The number of aliphatic carboxylic acids is 1. The van der Waals surface area contributed by atoms with E-state index in [1.807, 2.05) is 0 Å². The number of hydrogen-bond donors (Lipinski definition) is 1. The lowest BCUT2D eigenvalue weighted by Crippen LogP contribution is -2.40. The molecule has 1 amide bonds. The molecule has 9 heteroatoms. The molecule has 1 atom stereocenters. The van der Waals surface area contributed by atoms with Crippen LogP contribution in [-0.4, -0.2) is 53.6 Å². The van der Waals surface area contributed by atoms with Crippen LogP contribution in [0.25, 0.3) is 0 Å². The fraction of sp³-hybridized carbons (Fsp3) is 0.429. The van der Waals surface area contributed by atoms with E-state index in [4.69, 9.17) is 14.6 Å². The highest BCUT2D eigenvalue weighted by Gasteiger charge is 2.30. The monoisotopic (exact) mass is 326 g/mol. The Hall–Kier alpha value is -2.84. The van der Waals surface area contributed by atoms with Crippen molar-refractivity contribution in [2.24, 2.45) is 0 Å². The molecule has 1 N–H and O–H groups in total. The van der Waals surface area contributed by atoms with E-state index in [0.717, 1.165) is 11.0 Å². The van der Waals surface area contributed by atoms with E-state index in [9.17, 15) is 19.7 Å². The minimum absolute atomic E-state index is 0.115. The van der Waals surface area contributed by atoms with Crippen molar-refractivity contribution >= 4 is 17.6 Å². The molecule has 9 nitrogen and oxygen atoms in total. The van der Waals surface area contributed by atoms with Gasteiger partial charge in [-0.3, -0.25) is 14.9 Å². The van der Waals surface area contributed by atoms with E-state index in [1.54, 1.807) is 6.92 Å². The maximum Gasteiger partial charge on any atom is 0.326 e. The maximum absolute atomic E-state index is 12.4. The van der Waals surface area contributed by atoms with Crippen LogP contribution in [0.4, 0.5) is 5.69 Å². The predicted octanol–water partition coefficient (Wildman–Crippen LogP) is 1.55. The first-order valence-electron chi connectivity index (χ1n) is 6.73. The van der Waals surface area contributed by atoms with Gasteiger partial charge in [0, 0.05) is 13.1 Å². The first-order chi connectivity index (χ1) is 10.7. The molecular weight excluding hydrogens is 308 g/mol. The van der Waals surface area contributed by atoms with Gasteiger partial charge in [-0.05, 0) is 13.8 Å². The number of nitro groups is 1. The van der Waals surface area contributed by atoms with Gasteiger partial charge in [-0.15, -0.1) is 0 Å². The normalized spacial score (nSPS) is 11.5. The minimum atomic E-state index is -1.22. The van der Waals surface area contributed by atoms with E-state index in [-0.39, 0.29) is 23.7 Å². The molecule has 0 saturated heterocycles. The standard InChI is InChI=1S/C14H18N2O7/c1-5-23-12-6-9(10(16(20)21)7-11(12)22-4)13(17)15(3)8(2)14(18)19/h6-8H,5H2,1-4H3,(H,18,19). The second-order valence-corrected chi connectivity index (χ2v) is 4.64. The number of benzene rings is 1. The average Bonchev–Trinajstić information content (AvgIpc) is 2.52. The fourth-order valence-corrected chi connectivity index (χ4v) is 1.83. The van der Waals surface area contributed by atoms with E-state index in [0.29, 0.717) is 0 Å². The van der Waals surface area contributed by atoms with Crippen molar-refractivity contribution in [2.45, 2.75) is 19.9 Å². The zero-order valence-corrected chi connectivity index (χ0v) is 13.2. The van der Waals surface area contributed by atoms with E-state index in [1.165, 1.54) is 27.1 Å². The zero-order chi connectivity index (χ0) is 17.7. The number of carboxylic acid groups (broad SMARTS) is 1. The molecule has 0 fully saturated rings. The summed E-state index contributed by atoms with van der Waals surface area (Å²) in [6.07, 6.45) is 0. The van der Waals surface area contributed by atoms with Crippen LogP contribution in [0.5, 0.6) is 11.5 Å². The molecule has 0 aliphatic carbocycles. The van der Waals surface area contributed by atoms with E-state index in [2.05, 4.69) is 0 Å². The Morgan fingerprint density at radius 1 is 1.39 bits per heavy atom. The van der Waals surface area contributed by atoms with Gasteiger partial charge in [-0.25, -0.2) is 4.79 Å². The molecule has 23 heavy (non-hydrogen) atoms. The second kappa shape index (κ2) is 7.43. The zero-order valence-electron chi connectivity index (χ0n) is 13.2. The molecule has 0 aromatic heterocycles. The minimum Gasteiger partial charge on any atom is -0.493 e. The van der Waals surface area contributed by atoms with Crippen LogP contribution in [0.1, 0.15) is 24.2 Å². The summed E-state index contributed by atoms with van der Waals surface area (Å²) in [5, 5.41) is 20.2. The van der Waals surface area contributed by atoms with Gasteiger partial charge in [0.05, 0.1) is 24.7 Å². The van der Waals surface area contributed by atoms with Gasteiger partial charge in [0.15, 0.2) is 11.5 Å². The van der Waals surface area contributed by atoms with Gasteiger partial charge in [-0.1, -0.05) is 0 Å². The number of ether oxygens (including phenoxy) is 2. The first kappa shape index (κ1) is 18.2. The summed E-state index contributed by atoms with van der Waals surface area (Å²) in [6.45, 7) is 3.28. The Kier molecular flexibility index (Phi) is 5.88. The van der Waals surface area contributed by atoms with Crippen molar-refractivity contribution in [1.82, 2.24) is 4.90 Å². The molecular formula is C14H18N2O7. The third kappa shape index (κ3) is 3.87. The molecule has 1 aromatic carbocycles. The number of rotatable bonds is 7. The van der Waals surface area contributed by atoms with Crippen molar-refractivity contribution in [1.29, 1.82) is 0 Å². The Labute approximate surface area is 132 Å². The van der Waals surface area contributed by atoms with Gasteiger partial charge >= 0.3 is 5.97 Å². The number of hydrogen-bond acceptors (Lipinski definition) is 6. The molecule has 1 aromatic rings. The quantitative estimate of drug-likeness (QED) is 0.596. The Balaban J connectivity index is 3.42. The highest BCUT2D eigenvalue weighted by molar-refractivity contribution is 6.00. The lowest BCUT2D eigenvalue weighted by atomic mass is 10.1. The van der Waals surface area contributed by atoms with E-state index >= 15 is 0 Å². The highest BCUT2D eigenvalue weighted by atomic mass is 16.6. The molecule has 0 saturated carbocycles. The maximum atomic E-state index is 12.4. The molecule has 0 aliphatic heterocycles. The average molecular weight is 326 g/mol. The summed E-state index contributed by atoms with van der Waals surface area (Å²) in [7, 11) is 2.58. The van der Waals surface area contributed by atoms with Crippen LogP contribution in [0.2, 0.25) is 0 Å². The second-order valence-electron chi connectivity index (χ2n) is 4.64. The van der Waals surface area contributed by atoms with Crippen molar-refractivity contribution < 1.29 is 29.1 Å². The van der Waals surface area contributed by atoms with Gasteiger partial charge in [0.2, 0.25) is 0 Å². The smallest absolute Gasteiger partial charge is 0.326 e. The summed E-state index contributed by atoms with van der Waals surface area (Å²) >= 11 is 0. The molecule has 1 rings (SSSR count). The largest absolute Gasteiger partial charge is 0.493 e. The van der Waals surface area contributed by atoms with E-state index < -0.39 is 28.5 Å². The molecule has 0 aliphatic rings. The highest BCUT2D eigenvalue weighted by Crippen LogP contribution is 2.35. The van der Waals surface area contributed by atoms with Gasteiger partial charge < -0.3 is 19.5 Å². The fourth-order valence-electron chi connectivity index (χ4n) is 1.83. The van der Waals surface area contributed by atoms with Crippen LogP contribution >= 0.6 is 0 Å². The van der Waals surface area contributed by atoms with Gasteiger partial charge in [0.25, 0.3) is 11.6 Å². The lowest BCUT2D eigenvalue weighted by Gasteiger charge is -2.22. The van der Waals surface area contributed by atoms with Crippen LogP contribution in [0, 0.1) is 10.1 Å². The molecule has 0 bridgehead atoms. The third-order valence-corrected chi connectivity index (χ3v) is 3.27. The van der Waals surface area contributed by atoms with Crippen LogP contribution in [0.15, 0.2) is 12.1 Å². The van der Waals surface area contributed by atoms with Crippen molar-refractivity contribution in [3.63, 3.8) is 0 Å². The number of amides is 1. The number of carbonyl (C=O) groups is 2. The number of carboxylic acids is 1. The summed E-state index contributed by atoms with van der Waals surface area (Å²) in [6, 6.07) is 1.13. The summed E-state index contributed by atoms with van der Waals surface area (Å²) in [5.41, 5.74) is -0.755. The molecule has 0 heterocycles. The van der Waals surface area contributed by atoms with Gasteiger partial charge in [0.1, 0.15) is 11.6 Å². The van der Waals surface area contributed by atoms with Gasteiger partial charge in [-0.2, -0.15) is 0 Å².